The maximum atomic E-state index is 13.0. The fourth-order valence-corrected chi connectivity index (χ4v) is 3.52. The van der Waals surface area contributed by atoms with Crippen LogP contribution in [0.5, 0.6) is 0 Å². The number of hydrogen-bond donors (Lipinski definition) is 3. The molecule has 0 spiro atoms. The molecule has 3 rings (SSSR count). The molecule has 3 aromatic heterocycles. The molecule has 0 fully saturated rings. The Balaban J connectivity index is 1.64. The largest absolute Gasteiger partial charge is 0.418 e. The van der Waals surface area contributed by atoms with Gasteiger partial charge in [-0.3, -0.25) is 9.59 Å². The van der Waals surface area contributed by atoms with E-state index in [2.05, 4.69) is 30.6 Å². The van der Waals surface area contributed by atoms with Crippen LogP contribution in [0.15, 0.2) is 30.9 Å². The number of alkyl halides is 3. The zero-order chi connectivity index (χ0) is 23.5. The van der Waals surface area contributed by atoms with Crippen LogP contribution in [0, 0.1) is 0 Å². The minimum absolute atomic E-state index is 0.0853. The standard InChI is InChI=1S/C18H15ClF3N7O2S/c1-8(24-4-9-2-12(15(23)30)28-7-27-9)17-26-6-13(32-17)16(31)29-14-3-10(18(20,21)22)11(19)5-25-14/h2-3,5-8,24H,4H2,1H3,(H2,23,30)(H,25,29,31)/t8-/m1/s1. The van der Waals surface area contributed by atoms with Crippen molar-refractivity contribution in [1.29, 1.82) is 0 Å². The van der Waals surface area contributed by atoms with Crippen LogP contribution in [0.25, 0.3) is 0 Å². The summed E-state index contributed by atoms with van der Waals surface area (Å²) in [5.74, 6) is -1.62. The molecule has 0 aromatic carbocycles. The van der Waals surface area contributed by atoms with Crippen molar-refractivity contribution in [3.05, 3.63) is 62.7 Å². The SMILES string of the molecule is C[C@@H](NCc1cc(C(N)=O)ncn1)c1ncc(C(=O)Nc2cc(C(F)(F)F)c(Cl)cn2)s1. The number of thiazole rings is 1. The molecule has 4 N–H and O–H groups in total. The van der Waals surface area contributed by atoms with E-state index in [1.54, 1.807) is 6.92 Å². The van der Waals surface area contributed by atoms with E-state index in [1.165, 1.54) is 18.6 Å². The number of nitrogens with zero attached hydrogens (tertiary/aromatic N) is 4. The predicted octanol–water partition coefficient (Wildman–Crippen LogP) is 3.20. The molecule has 0 aliphatic rings. The number of nitrogens with one attached hydrogen (secondary N) is 2. The second-order valence-electron chi connectivity index (χ2n) is 6.43. The number of amides is 2. The van der Waals surface area contributed by atoms with Crippen LogP contribution in [0.3, 0.4) is 0 Å². The van der Waals surface area contributed by atoms with E-state index >= 15 is 0 Å². The van der Waals surface area contributed by atoms with Gasteiger partial charge in [0.05, 0.1) is 28.5 Å². The molecule has 0 bridgehead atoms. The second-order valence-corrected chi connectivity index (χ2v) is 7.89. The third kappa shape index (κ3) is 5.75. The number of pyridine rings is 1. The number of carbonyl (C=O) groups is 2. The average molecular weight is 486 g/mol. The van der Waals surface area contributed by atoms with Crippen molar-refractivity contribution in [1.82, 2.24) is 25.3 Å². The molecule has 168 valence electrons. The van der Waals surface area contributed by atoms with E-state index in [0.29, 0.717) is 16.8 Å². The quantitative estimate of drug-likeness (QED) is 0.467. The molecule has 0 unspecified atom stereocenters. The van der Waals surface area contributed by atoms with Gasteiger partial charge < -0.3 is 16.4 Å². The lowest BCUT2D eigenvalue weighted by Crippen LogP contribution is -2.20. The predicted molar refractivity (Wildman–Crippen MR) is 110 cm³/mol. The van der Waals surface area contributed by atoms with Gasteiger partial charge in [0, 0.05) is 12.7 Å². The van der Waals surface area contributed by atoms with Gasteiger partial charge in [-0.2, -0.15) is 13.2 Å². The average Bonchev–Trinajstić information content (AvgIpc) is 3.23. The van der Waals surface area contributed by atoms with E-state index in [-0.39, 0.29) is 29.0 Å². The van der Waals surface area contributed by atoms with Crippen molar-refractivity contribution in [3.8, 4) is 0 Å². The molecule has 0 aliphatic heterocycles. The number of primary amides is 1. The Labute approximate surface area is 188 Å². The summed E-state index contributed by atoms with van der Waals surface area (Å²) in [6.45, 7) is 2.08. The van der Waals surface area contributed by atoms with Crippen LogP contribution in [0.1, 0.15) is 49.4 Å². The highest BCUT2D eigenvalue weighted by molar-refractivity contribution is 7.13. The summed E-state index contributed by atoms with van der Waals surface area (Å²) in [6, 6.07) is 1.82. The third-order valence-corrected chi connectivity index (χ3v) is 5.57. The van der Waals surface area contributed by atoms with Crippen molar-refractivity contribution in [2.24, 2.45) is 5.73 Å². The molecule has 0 aliphatic carbocycles. The summed E-state index contributed by atoms with van der Waals surface area (Å²) in [4.78, 5) is 39.5. The zero-order valence-corrected chi connectivity index (χ0v) is 17.8. The van der Waals surface area contributed by atoms with Crippen LogP contribution < -0.4 is 16.4 Å². The number of carbonyl (C=O) groups excluding carboxylic acids is 2. The maximum absolute atomic E-state index is 13.0. The Morgan fingerprint density at radius 1 is 1.19 bits per heavy atom. The van der Waals surface area contributed by atoms with Gasteiger partial charge >= 0.3 is 6.18 Å². The fraction of sp³-hybridized carbons (Fsp3) is 0.222. The zero-order valence-electron chi connectivity index (χ0n) is 16.3. The van der Waals surface area contributed by atoms with Gasteiger partial charge in [0.1, 0.15) is 27.7 Å². The summed E-state index contributed by atoms with van der Waals surface area (Å²) >= 11 is 6.59. The number of halogens is 4. The molecule has 0 saturated heterocycles. The van der Waals surface area contributed by atoms with Crippen LogP contribution in [0.2, 0.25) is 5.02 Å². The van der Waals surface area contributed by atoms with Crippen molar-refractivity contribution in [3.63, 3.8) is 0 Å². The first-order valence-corrected chi connectivity index (χ1v) is 10.1. The molecule has 0 radical (unpaired) electrons. The Morgan fingerprint density at radius 2 is 1.94 bits per heavy atom. The Hall–Kier alpha value is -3.16. The number of nitrogens with two attached hydrogens (primary N) is 1. The molecule has 32 heavy (non-hydrogen) atoms. The molecule has 1 atom stereocenters. The highest BCUT2D eigenvalue weighted by atomic mass is 35.5. The topological polar surface area (TPSA) is 136 Å². The van der Waals surface area contributed by atoms with Crippen LogP contribution in [0.4, 0.5) is 19.0 Å². The summed E-state index contributed by atoms with van der Waals surface area (Å²) in [7, 11) is 0. The van der Waals surface area contributed by atoms with Crippen molar-refractivity contribution < 1.29 is 22.8 Å². The highest BCUT2D eigenvalue weighted by Crippen LogP contribution is 2.35. The molecular formula is C18H15ClF3N7O2S. The molecular weight excluding hydrogens is 471 g/mol. The molecule has 3 aromatic rings. The van der Waals surface area contributed by atoms with E-state index in [4.69, 9.17) is 17.3 Å². The van der Waals surface area contributed by atoms with Gasteiger partial charge in [-0.05, 0) is 19.1 Å². The minimum Gasteiger partial charge on any atom is -0.364 e. The lowest BCUT2D eigenvalue weighted by Gasteiger charge is -2.11. The first kappa shape index (κ1) is 23.5. The summed E-state index contributed by atoms with van der Waals surface area (Å²) in [6.07, 6.45) is -1.33. The first-order valence-electron chi connectivity index (χ1n) is 8.88. The number of anilines is 1. The molecule has 2 amide bonds. The van der Waals surface area contributed by atoms with Crippen LogP contribution >= 0.6 is 22.9 Å². The van der Waals surface area contributed by atoms with E-state index < -0.39 is 28.6 Å². The van der Waals surface area contributed by atoms with E-state index in [0.717, 1.165) is 17.5 Å². The lowest BCUT2D eigenvalue weighted by molar-refractivity contribution is -0.137. The van der Waals surface area contributed by atoms with Crippen LogP contribution in [-0.2, 0) is 12.7 Å². The van der Waals surface area contributed by atoms with Crippen molar-refractivity contribution >= 4 is 40.6 Å². The van der Waals surface area contributed by atoms with Gasteiger partial charge in [0.15, 0.2) is 0 Å². The summed E-state index contributed by atoms with van der Waals surface area (Å²) in [5, 5.41) is 5.43. The smallest absolute Gasteiger partial charge is 0.364 e. The van der Waals surface area contributed by atoms with Crippen molar-refractivity contribution in [2.45, 2.75) is 25.7 Å². The Bertz CT molecular complexity index is 1160. The van der Waals surface area contributed by atoms with Gasteiger partial charge in [0.2, 0.25) is 0 Å². The lowest BCUT2D eigenvalue weighted by atomic mass is 10.2. The number of hydrogen-bond acceptors (Lipinski definition) is 8. The molecule has 0 saturated carbocycles. The Morgan fingerprint density at radius 3 is 2.62 bits per heavy atom. The summed E-state index contributed by atoms with van der Waals surface area (Å²) < 4.78 is 38.9. The monoisotopic (exact) mass is 485 g/mol. The summed E-state index contributed by atoms with van der Waals surface area (Å²) in [5.41, 5.74) is 4.71. The highest BCUT2D eigenvalue weighted by Gasteiger charge is 2.34. The van der Waals surface area contributed by atoms with Crippen LogP contribution in [-0.4, -0.2) is 31.8 Å². The number of aromatic nitrogens is 4. The fourth-order valence-electron chi connectivity index (χ4n) is 2.47. The van der Waals surface area contributed by atoms with E-state index in [1.807, 2.05) is 0 Å². The molecule has 9 nitrogen and oxygen atoms in total. The molecule has 14 heteroatoms. The normalized spacial score (nSPS) is 12.4. The molecule has 3 heterocycles. The van der Waals surface area contributed by atoms with E-state index in [9.17, 15) is 22.8 Å². The Kier molecular flexibility index (Phi) is 7.01. The van der Waals surface area contributed by atoms with Gasteiger partial charge in [-0.25, -0.2) is 19.9 Å². The third-order valence-electron chi connectivity index (χ3n) is 4.09. The first-order chi connectivity index (χ1) is 15.0. The number of rotatable bonds is 7. The van der Waals surface area contributed by atoms with Gasteiger partial charge in [-0.15, -0.1) is 11.3 Å². The maximum Gasteiger partial charge on any atom is 0.418 e. The van der Waals surface area contributed by atoms with Gasteiger partial charge in [-0.1, -0.05) is 11.6 Å². The van der Waals surface area contributed by atoms with Crippen molar-refractivity contribution in [2.75, 3.05) is 5.32 Å². The minimum atomic E-state index is -4.68. The second kappa shape index (κ2) is 9.54. The van der Waals surface area contributed by atoms with Gasteiger partial charge in [0.25, 0.3) is 11.8 Å².